The molecule has 29 heavy (non-hydrogen) atoms. The summed E-state index contributed by atoms with van der Waals surface area (Å²) in [7, 11) is 1.80. The van der Waals surface area contributed by atoms with Crippen molar-refractivity contribution in [3.63, 3.8) is 0 Å². The Labute approximate surface area is 171 Å². The third-order valence-corrected chi connectivity index (χ3v) is 5.70. The number of hydrogen-bond acceptors (Lipinski definition) is 3. The zero-order valence-corrected chi connectivity index (χ0v) is 17.1. The normalized spacial score (nSPS) is 14.1. The molecule has 0 atom stereocenters. The zero-order valence-electron chi connectivity index (χ0n) is 17.1. The molecule has 0 spiro atoms. The summed E-state index contributed by atoms with van der Waals surface area (Å²) in [5.74, 6) is 0.779. The second-order valence-corrected chi connectivity index (χ2v) is 8.03. The lowest BCUT2D eigenvalue weighted by Crippen LogP contribution is -2.28. The first-order chi connectivity index (χ1) is 14.0. The molecule has 1 aliphatic heterocycles. The van der Waals surface area contributed by atoms with Crippen molar-refractivity contribution in [3.8, 4) is 0 Å². The molecule has 0 fully saturated rings. The van der Waals surface area contributed by atoms with Gasteiger partial charge >= 0.3 is 0 Å². The number of aromatic nitrogens is 2. The van der Waals surface area contributed by atoms with Crippen LogP contribution >= 0.6 is 0 Å². The summed E-state index contributed by atoms with van der Waals surface area (Å²) >= 11 is 0. The van der Waals surface area contributed by atoms with Crippen LogP contribution in [0.1, 0.15) is 53.0 Å². The van der Waals surface area contributed by atoms with Crippen molar-refractivity contribution in [2.24, 2.45) is 0 Å². The molecule has 3 aromatic rings. The summed E-state index contributed by atoms with van der Waals surface area (Å²) < 4.78 is 1.83. The van der Waals surface area contributed by atoms with Crippen LogP contribution in [0.25, 0.3) is 10.9 Å². The highest BCUT2D eigenvalue weighted by molar-refractivity contribution is 5.97. The standard InChI is InChI=1S/C24H27N3O2/c1-17-8-10-18(11-9-17)16-26(2)23(28)19-12-13-20-21(15-19)25-22-7-5-3-4-6-14-27(22)24(20)29/h8-13,15H,3-7,14,16H2,1-2H3. The van der Waals surface area contributed by atoms with Gasteiger partial charge in [-0.15, -0.1) is 0 Å². The van der Waals surface area contributed by atoms with E-state index in [0.29, 0.717) is 23.0 Å². The van der Waals surface area contributed by atoms with Crippen molar-refractivity contribution in [2.75, 3.05) is 7.05 Å². The SMILES string of the molecule is Cc1ccc(CN(C)C(=O)c2ccc3c(=O)n4c(nc3c2)CCCCCC4)cc1. The topological polar surface area (TPSA) is 55.2 Å². The van der Waals surface area contributed by atoms with Crippen molar-refractivity contribution in [3.05, 3.63) is 75.3 Å². The zero-order chi connectivity index (χ0) is 20.4. The molecule has 2 aromatic carbocycles. The number of benzene rings is 2. The molecule has 4 rings (SSSR count). The summed E-state index contributed by atoms with van der Waals surface area (Å²) in [5.41, 5.74) is 3.49. The Balaban J connectivity index is 1.63. The molecule has 0 saturated heterocycles. The first-order valence-corrected chi connectivity index (χ1v) is 10.4. The largest absolute Gasteiger partial charge is 0.337 e. The first kappa shape index (κ1) is 19.4. The fourth-order valence-corrected chi connectivity index (χ4v) is 3.99. The van der Waals surface area contributed by atoms with E-state index in [-0.39, 0.29) is 11.5 Å². The number of aryl methyl sites for hydroxylation is 2. The molecular formula is C24H27N3O2. The molecule has 0 saturated carbocycles. The van der Waals surface area contributed by atoms with E-state index in [4.69, 9.17) is 4.98 Å². The predicted molar refractivity (Wildman–Crippen MR) is 115 cm³/mol. The molecule has 0 unspecified atom stereocenters. The second kappa shape index (κ2) is 8.19. The Kier molecular flexibility index (Phi) is 5.47. The maximum Gasteiger partial charge on any atom is 0.261 e. The maximum absolute atomic E-state index is 12.9. The molecule has 0 N–H and O–H groups in total. The molecule has 150 valence electrons. The van der Waals surface area contributed by atoms with Crippen molar-refractivity contribution in [2.45, 2.75) is 52.1 Å². The van der Waals surface area contributed by atoms with Crippen LogP contribution in [0.15, 0.2) is 47.3 Å². The van der Waals surface area contributed by atoms with Gasteiger partial charge < -0.3 is 4.90 Å². The minimum Gasteiger partial charge on any atom is -0.337 e. The molecule has 1 aliphatic rings. The summed E-state index contributed by atoms with van der Waals surface area (Å²) in [6, 6.07) is 13.5. The van der Waals surface area contributed by atoms with Crippen molar-refractivity contribution in [1.82, 2.24) is 14.5 Å². The summed E-state index contributed by atoms with van der Waals surface area (Å²) in [6.07, 6.45) is 5.22. The average molecular weight is 389 g/mol. The van der Waals surface area contributed by atoms with Gasteiger partial charge in [0, 0.05) is 32.1 Å². The van der Waals surface area contributed by atoms with E-state index in [0.717, 1.165) is 43.6 Å². The number of fused-ring (bicyclic) bond motifs is 2. The van der Waals surface area contributed by atoms with Gasteiger partial charge in [0.2, 0.25) is 0 Å². The Morgan fingerprint density at radius 2 is 1.83 bits per heavy atom. The molecule has 1 aromatic heterocycles. The lowest BCUT2D eigenvalue weighted by Gasteiger charge is -2.19. The van der Waals surface area contributed by atoms with Crippen LogP contribution in [-0.4, -0.2) is 27.4 Å². The molecule has 0 aliphatic carbocycles. The van der Waals surface area contributed by atoms with Crippen LogP contribution in [0.2, 0.25) is 0 Å². The maximum atomic E-state index is 12.9. The van der Waals surface area contributed by atoms with E-state index < -0.39 is 0 Å². The molecule has 2 heterocycles. The predicted octanol–water partition coefficient (Wildman–Crippen LogP) is 4.09. The fourth-order valence-electron chi connectivity index (χ4n) is 3.99. The van der Waals surface area contributed by atoms with Gasteiger partial charge in [0.05, 0.1) is 10.9 Å². The number of rotatable bonds is 3. The van der Waals surface area contributed by atoms with Gasteiger partial charge in [-0.2, -0.15) is 0 Å². The lowest BCUT2D eigenvalue weighted by molar-refractivity contribution is 0.0785. The molecule has 5 heteroatoms. The van der Waals surface area contributed by atoms with Crippen LogP contribution in [0, 0.1) is 6.92 Å². The van der Waals surface area contributed by atoms with E-state index in [9.17, 15) is 9.59 Å². The number of nitrogens with zero attached hydrogens (tertiary/aromatic N) is 3. The van der Waals surface area contributed by atoms with Crippen molar-refractivity contribution < 1.29 is 4.79 Å². The molecular weight excluding hydrogens is 362 g/mol. The van der Waals surface area contributed by atoms with Gasteiger partial charge in [-0.05, 0) is 43.5 Å². The minimum atomic E-state index is -0.0684. The number of carbonyl (C=O) groups excluding carboxylic acids is 1. The van der Waals surface area contributed by atoms with E-state index in [1.165, 1.54) is 12.0 Å². The molecule has 0 bridgehead atoms. The van der Waals surface area contributed by atoms with E-state index in [2.05, 4.69) is 12.1 Å². The van der Waals surface area contributed by atoms with Crippen LogP contribution in [-0.2, 0) is 19.5 Å². The van der Waals surface area contributed by atoms with Crippen LogP contribution in [0.5, 0.6) is 0 Å². The third kappa shape index (κ3) is 4.09. The van der Waals surface area contributed by atoms with Crippen LogP contribution < -0.4 is 5.56 Å². The van der Waals surface area contributed by atoms with E-state index in [1.54, 1.807) is 30.1 Å². The van der Waals surface area contributed by atoms with Crippen LogP contribution in [0.4, 0.5) is 0 Å². The second-order valence-electron chi connectivity index (χ2n) is 8.03. The van der Waals surface area contributed by atoms with Gasteiger partial charge in [-0.3, -0.25) is 14.2 Å². The monoisotopic (exact) mass is 389 g/mol. The number of carbonyl (C=O) groups is 1. The molecule has 5 nitrogen and oxygen atoms in total. The fraction of sp³-hybridized carbons (Fsp3) is 0.375. The van der Waals surface area contributed by atoms with E-state index in [1.807, 2.05) is 23.6 Å². The van der Waals surface area contributed by atoms with Crippen molar-refractivity contribution in [1.29, 1.82) is 0 Å². The smallest absolute Gasteiger partial charge is 0.261 e. The van der Waals surface area contributed by atoms with Crippen molar-refractivity contribution >= 4 is 16.8 Å². The molecule has 0 radical (unpaired) electrons. The summed E-state index contributed by atoms with van der Waals surface area (Å²) in [6.45, 7) is 3.32. The highest BCUT2D eigenvalue weighted by atomic mass is 16.2. The quantitative estimate of drug-likeness (QED) is 0.678. The Morgan fingerprint density at radius 1 is 1.07 bits per heavy atom. The van der Waals surface area contributed by atoms with E-state index >= 15 is 0 Å². The minimum absolute atomic E-state index is 0.0129. The highest BCUT2D eigenvalue weighted by Gasteiger charge is 2.17. The first-order valence-electron chi connectivity index (χ1n) is 10.4. The van der Waals surface area contributed by atoms with Gasteiger partial charge in [0.25, 0.3) is 11.5 Å². The van der Waals surface area contributed by atoms with Gasteiger partial charge in [-0.25, -0.2) is 4.98 Å². The Hall–Kier alpha value is -2.95. The number of amides is 1. The van der Waals surface area contributed by atoms with Gasteiger partial charge in [0.15, 0.2) is 0 Å². The van der Waals surface area contributed by atoms with Crippen LogP contribution in [0.3, 0.4) is 0 Å². The number of hydrogen-bond donors (Lipinski definition) is 0. The van der Waals surface area contributed by atoms with Gasteiger partial charge in [-0.1, -0.05) is 42.7 Å². The third-order valence-electron chi connectivity index (χ3n) is 5.70. The lowest BCUT2D eigenvalue weighted by atomic mass is 10.1. The Bertz CT molecular complexity index is 1100. The average Bonchev–Trinajstić information content (AvgIpc) is 2.70. The van der Waals surface area contributed by atoms with Gasteiger partial charge in [0.1, 0.15) is 5.82 Å². The molecule has 1 amide bonds. The summed E-state index contributed by atoms with van der Waals surface area (Å²) in [5, 5.41) is 0.590. The summed E-state index contributed by atoms with van der Waals surface area (Å²) in [4.78, 5) is 32.4. The Morgan fingerprint density at radius 3 is 2.62 bits per heavy atom. The highest BCUT2D eigenvalue weighted by Crippen LogP contribution is 2.18.